The maximum atomic E-state index is 12.2. The molecule has 0 unspecified atom stereocenters. The van der Waals surface area contributed by atoms with Crippen LogP contribution in [0.15, 0.2) is 0 Å². The lowest BCUT2D eigenvalue weighted by atomic mass is 10.4. The minimum atomic E-state index is -3.03. The lowest BCUT2D eigenvalue weighted by molar-refractivity contribution is 0.195. The third kappa shape index (κ3) is 4.14. The Morgan fingerprint density at radius 1 is 1.21 bits per heavy atom. The molecule has 0 amide bonds. The smallest absolute Gasteiger partial charge is 0.308 e. The summed E-state index contributed by atoms with van der Waals surface area (Å²) in [5, 5.41) is 2.30. The fraction of sp³-hybridized carbons (Fsp3) is 1.00. The molecule has 0 bridgehead atoms. The Kier molecular flexibility index (Phi) is 8.83. The standard InChI is InChI=1S/C8H20NO3P.HI/c1-6-11-13(10,12-7-2)8(3,4)9-5;/h9H,6-7H2,1-5H3;1H. The molecule has 0 aromatic carbocycles. The minimum absolute atomic E-state index is 0. The summed E-state index contributed by atoms with van der Waals surface area (Å²) in [5.74, 6) is 0. The Morgan fingerprint density at radius 2 is 1.57 bits per heavy atom. The minimum Gasteiger partial charge on any atom is -0.308 e. The molecule has 14 heavy (non-hydrogen) atoms. The van der Waals surface area contributed by atoms with E-state index in [4.69, 9.17) is 9.05 Å². The number of hydrogen-bond acceptors (Lipinski definition) is 4. The Bertz CT molecular complexity index is 189. The fourth-order valence-electron chi connectivity index (χ4n) is 0.837. The van der Waals surface area contributed by atoms with Crippen LogP contribution in [0.4, 0.5) is 0 Å². The van der Waals surface area contributed by atoms with E-state index in [1.165, 1.54) is 0 Å². The van der Waals surface area contributed by atoms with Gasteiger partial charge in [0.2, 0.25) is 0 Å². The summed E-state index contributed by atoms with van der Waals surface area (Å²) in [6, 6.07) is 0. The first-order valence-corrected chi connectivity index (χ1v) is 6.06. The second-order valence-corrected chi connectivity index (χ2v) is 5.77. The molecule has 0 rings (SSSR count). The lowest BCUT2D eigenvalue weighted by Crippen LogP contribution is -2.37. The van der Waals surface area contributed by atoms with E-state index >= 15 is 0 Å². The third-order valence-corrected chi connectivity index (χ3v) is 4.68. The Labute approximate surface area is 104 Å². The predicted molar refractivity (Wildman–Crippen MR) is 69.4 cm³/mol. The Morgan fingerprint density at radius 3 is 1.79 bits per heavy atom. The van der Waals surface area contributed by atoms with Gasteiger partial charge in [0.15, 0.2) is 0 Å². The van der Waals surface area contributed by atoms with Crippen molar-refractivity contribution in [3.05, 3.63) is 0 Å². The topological polar surface area (TPSA) is 47.6 Å². The van der Waals surface area contributed by atoms with Crippen LogP contribution >= 0.6 is 31.6 Å². The van der Waals surface area contributed by atoms with Crippen LogP contribution in [0.3, 0.4) is 0 Å². The lowest BCUT2D eigenvalue weighted by Gasteiger charge is -2.32. The molecule has 0 aliphatic rings. The molecule has 0 aliphatic heterocycles. The average Bonchev–Trinajstić information content (AvgIpc) is 2.05. The van der Waals surface area contributed by atoms with Gasteiger partial charge in [-0.2, -0.15) is 0 Å². The van der Waals surface area contributed by atoms with E-state index < -0.39 is 12.9 Å². The van der Waals surface area contributed by atoms with Crippen molar-refractivity contribution in [2.45, 2.75) is 33.0 Å². The molecule has 6 heteroatoms. The van der Waals surface area contributed by atoms with E-state index in [-0.39, 0.29) is 24.0 Å². The molecule has 0 aromatic heterocycles. The summed E-state index contributed by atoms with van der Waals surface area (Å²) < 4.78 is 22.6. The van der Waals surface area contributed by atoms with Crippen molar-refractivity contribution in [1.82, 2.24) is 5.32 Å². The highest BCUT2D eigenvalue weighted by Crippen LogP contribution is 2.58. The van der Waals surface area contributed by atoms with Gasteiger partial charge in [-0.15, -0.1) is 24.0 Å². The van der Waals surface area contributed by atoms with Crippen molar-refractivity contribution in [3.8, 4) is 0 Å². The van der Waals surface area contributed by atoms with Crippen LogP contribution in [-0.2, 0) is 13.6 Å². The Hall–Kier alpha value is 0.840. The second-order valence-electron chi connectivity index (χ2n) is 3.14. The third-order valence-electron chi connectivity index (χ3n) is 1.89. The van der Waals surface area contributed by atoms with E-state index in [1.54, 1.807) is 34.7 Å². The van der Waals surface area contributed by atoms with Gasteiger partial charge < -0.3 is 14.4 Å². The van der Waals surface area contributed by atoms with Crippen molar-refractivity contribution < 1.29 is 13.6 Å². The maximum absolute atomic E-state index is 12.2. The summed E-state index contributed by atoms with van der Waals surface area (Å²) in [6.45, 7) is 8.00. The molecule has 88 valence electrons. The molecule has 0 aromatic rings. The number of hydrogen-bond donors (Lipinski definition) is 1. The molecule has 0 spiro atoms. The van der Waals surface area contributed by atoms with Crippen molar-refractivity contribution in [2.75, 3.05) is 20.3 Å². The van der Waals surface area contributed by atoms with Crippen LogP contribution in [0, 0.1) is 0 Å². The zero-order valence-corrected chi connectivity index (χ0v) is 12.7. The van der Waals surface area contributed by atoms with Crippen molar-refractivity contribution in [1.29, 1.82) is 0 Å². The molecular formula is C8H21INO3P. The van der Waals surface area contributed by atoms with Gasteiger partial charge in [0.25, 0.3) is 0 Å². The highest BCUT2D eigenvalue weighted by Gasteiger charge is 2.41. The van der Waals surface area contributed by atoms with Gasteiger partial charge in [0.05, 0.1) is 13.2 Å². The van der Waals surface area contributed by atoms with Crippen LogP contribution in [0.5, 0.6) is 0 Å². The largest absolute Gasteiger partial charge is 0.349 e. The number of halogens is 1. The molecule has 1 N–H and O–H groups in total. The first kappa shape index (κ1) is 17.2. The monoisotopic (exact) mass is 337 g/mol. The van der Waals surface area contributed by atoms with Gasteiger partial charge in [0.1, 0.15) is 5.28 Å². The molecule has 4 nitrogen and oxygen atoms in total. The summed E-state index contributed by atoms with van der Waals surface area (Å²) in [7, 11) is -1.29. The fourth-order valence-corrected chi connectivity index (χ4v) is 2.51. The van der Waals surface area contributed by atoms with E-state index in [9.17, 15) is 4.57 Å². The highest BCUT2D eigenvalue weighted by molar-refractivity contribution is 14.0. The van der Waals surface area contributed by atoms with Crippen LogP contribution in [0.1, 0.15) is 27.7 Å². The molecule has 0 radical (unpaired) electrons. The van der Waals surface area contributed by atoms with Crippen LogP contribution in [0.2, 0.25) is 0 Å². The van der Waals surface area contributed by atoms with E-state index in [2.05, 4.69) is 5.32 Å². The van der Waals surface area contributed by atoms with Gasteiger partial charge in [-0.1, -0.05) is 0 Å². The van der Waals surface area contributed by atoms with E-state index in [0.29, 0.717) is 13.2 Å². The molecule has 0 saturated heterocycles. The van der Waals surface area contributed by atoms with E-state index in [1.807, 2.05) is 0 Å². The van der Waals surface area contributed by atoms with E-state index in [0.717, 1.165) is 0 Å². The molecule has 0 saturated carbocycles. The summed E-state index contributed by atoms with van der Waals surface area (Å²) >= 11 is 0. The quantitative estimate of drug-likeness (QED) is 0.598. The number of nitrogens with one attached hydrogen (secondary N) is 1. The summed E-state index contributed by atoms with van der Waals surface area (Å²) in [6.07, 6.45) is 0. The Balaban J connectivity index is 0. The average molecular weight is 337 g/mol. The van der Waals surface area contributed by atoms with Gasteiger partial charge in [-0.25, -0.2) is 0 Å². The SMILES string of the molecule is CCOP(=O)(OCC)C(C)(C)NC.I. The zero-order chi connectivity index (χ0) is 10.5. The maximum Gasteiger partial charge on any atom is 0.349 e. The van der Waals surface area contributed by atoms with Crippen LogP contribution in [0.25, 0.3) is 0 Å². The molecule has 0 fully saturated rings. The molecular weight excluding hydrogens is 316 g/mol. The zero-order valence-electron chi connectivity index (χ0n) is 9.49. The summed E-state index contributed by atoms with van der Waals surface area (Å²) in [4.78, 5) is 0. The van der Waals surface area contributed by atoms with Crippen molar-refractivity contribution in [3.63, 3.8) is 0 Å². The van der Waals surface area contributed by atoms with Gasteiger partial charge >= 0.3 is 7.60 Å². The highest BCUT2D eigenvalue weighted by atomic mass is 127. The molecule has 0 atom stereocenters. The first-order valence-electron chi connectivity index (χ1n) is 4.51. The van der Waals surface area contributed by atoms with Crippen LogP contribution in [-0.4, -0.2) is 25.5 Å². The number of rotatable bonds is 6. The van der Waals surface area contributed by atoms with Crippen molar-refractivity contribution in [2.24, 2.45) is 0 Å². The van der Waals surface area contributed by atoms with Gasteiger partial charge in [-0.3, -0.25) is 4.57 Å². The van der Waals surface area contributed by atoms with Crippen LogP contribution < -0.4 is 5.32 Å². The molecule has 0 heterocycles. The predicted octanol–water partition coefficient (Wildman–Crippen LogP) is 2.83. The van der Waals surface area contributed by atoms with Gasteiger partial charge in [0, 0.05) is 0 Å². The van der Waals surface area contributed by atoms with Crippen molar-refractivity contribution >= 4 is 31.6 Å². The second kappa shape index (κ2) is 7.17. The molecule has 0 aliphatic carbocycles. The summed E-state index contributed by atoms with van der Waals surface area (Å²) in [5.41, 5.74) is 0. The van der Waals surface area contributed by atoms with Gasteiger partial charge in [-0.05, 0) is 34.7 Å². The first-order chi connectivity index (χ1) is 5.93. The normalized spacial score (nSPS) is 12.4.